The van der Waals surface area contributed by atoms with Crippen molar-refractivity contribution in [1.29, 1.82) is 5.26 Å². The van der Waals surface area contributed by atoms with Gasteiger partial charge in [-0.25, -0.2) is 4.79 Å². The molecule has 7 heteroatoms. The van der Waals surface area contributed by atoms with Gasteiger partial charge in [0.1, 0.15) is 29.8 Å². The Kier molecular flexibility index (Phi) is 6.57. The molecule has 0 saturated heterocycles. The molecule has 2 aromatic carbocycles. The van der Waals surface area contributed by atoms with E-state index in [1.165, 1.54) is 7.11 Å². The van der Waals surface area contributed by atoms with Crippen molar-refractivity contribution in [3.63, 3.8) is 0 Å². The maximum Gasteiger partial charge on any atom is 0.338 e. The third-order valence-electron chi connectivity index (χ3n) is 5.25. The van der Waals surface area contributed by atoms with Crippen LogP contribution in [0.3, 0.4) is 0 Å². The summed E-state index contributed by atoms with van der Waals surface area (Å²) >= 11 is 5.93. The molecule has 2 N–H and O–H groups in total. The molecule has 1 aliphatic rings. The van der Waals surface area contributed by atoms with Gasteiger partial charge >= 0.3 is 5.97 Å². The van der Waals surface area contributed by atoms with Crippen LogP contribution < -0.4 is 10.5 Å². The Labute approximate surface area is 186 Å². The van der Waals surface area contributed by atoms with Gasteiger partial charge in [0.15, 0.2) is 0 Å². The zero-order valence-corrected chi connectivity index (χ0v) is 18.5. The number of hydrogen-bond acceptors (Lipinski definition) is 6. The summed E-state index contributed by atoms with van der Waals surface area (Å²) in [5.41, 5.74) is 10.0. The van der Waals surface area contributed by atoms with Crippen molar-refractivity contribution in [3.8, 4) is 11.8 Å². The molecule has 0 fully saturated rings. The molecule has 3 rings (SSSR count). The fraction of sp³-hybridized carbons (Fsp3) is 0.250. The molecule has 0 aliphatic carbocycles. The number of nitrogens with zero attached hydrogens (tertiary/aromatic N) is 1. The number of nitriles is 1. The molecule has 0 saturated carbocycles. The fourth-order valence-electron chi connectivity index (χ4n) is 3.64. The minimum absolute atomic E-state index is 0.0170. The number of methoxy groups -OCH3 is 1. The van der Waals surface area contributed by atoms with E-state index in [-0.39, 0.29) is 17.0 Å². The molecular formula is C24H23ClN2O4. The van der Waals surface area contributed by atoms with Crippen LogP contribution in [0.15, 0.2) is 59.2 Å². The standard InChI is InChI=1S/C24H23ClN2O4/c1-13-9-14(2)19(10-16(13)12-30-18-7-5-17(25)6-8-18)22-20(11-26)23(27)31-15(3)21(22)24(28)29-4/h5-10,22H,12,27H2,1-4H3. The maximum atomic E-state index is 12.6. The number of esters is 1. The Morgan fingerprint density at radius 3 is 2.48 bits per heavy atom. The summed E-state index contributed by atoms with van der Waals surface area (Å²) in [7, 11) is 1.29. The van der Waals surface area contributed by atoms with Crippen molar-refractivity contribution < 1.29 is 19.0 Å². The summed E-state index contributed by atoms with van der Waals surface area (Å²) in [5, 5.41) is 10.4. The second-order valence-corrected chi connectivity index (χ2v) is 7.70. The average Bonchev–Trinajstić information content (AvgIpc) is 2.73. The first-order valence-electron chi connectivity index (χ1n) is 9.61. The number of allylic oxidation sites excluding steroid dienone is 2. The molecule has 1 unspecified atom stereocenters. The normalized spacial score (nSPS) is 15.9. The van der Waals surface area contributed by atoms with Crippen molar-refractivity contribution in [2.45, 2.75) is 33.3 Å². The van der Waals surface area contributed by atoms with Crippen LogP contribution in [0.5, 0.6) is 5.75 Å². The molecule has 6 nitrogen and oxygen atoms in total. The van der Waals surface area contributed by atoms with Crippen LogP contribution in [-0.2, 0) is 20.9 Å². The summed E-state index contributed by atoms with van der Waals surface area (Å²) < 4.78 is 16.3. The van der Waals surface area contributed by atoms with E-state index in [1.807, 2.05) is 26.0 Å². The van der Waals surface area contributed by atoms with E-state index in [2.05, 4.69) is 6.07 Å². The van der Waals surface area contributed by atoms with Crippen LogP contribution >= 0.6 is 11.6 Å². The lowest BCUT2D eigenvalue weighted by Crippen LogP contribution is -2.25. The topological polar surface area (TPSA) is 94.6 Å². The van der Waals surface area contributed by atoms with Gasteiger partial charge in [-0.3, -0.25) is 0 Å². The molecular weight excluding hydrogens is 416 g/mol. The molecule has 160 valence electrons. The second-order valence-electron chi connectivity index (χ2n) is 7.26. The van der Waals surface area contributed by atoms with E-state index in [4.69, 9.17) is 31.5 Å². The van der Waals surface area contributed by atoms with Gasteiger partial charge in [-0.15, -0.1) is 0 Å². The molecule has 0 radical (unpaired) electrons. The van der Waals surface area contributed by atoms with Crippen LogP contribution in [0.4, 0.5) is 0 Å². The van der Waals surface area contributed by atoms with E-state index in [0.717, 1.165) is 22.3 Å². The highest BCUT2D eigenvalue weighted by Crippen LogP contribution is 2.41. The van der Waals surface area contributed by atoms with Gasteiger partial charge in [-0.1, -0.05) is 23.7 Å². The van der Waals surface area contributed by atoms with E-state index >= 15 is 0 Å². The highest BCUT2D eigenvalue weighted by molar-refractivity contribution is 6.30. The van der Waals surface area contributed by atoms with E-state index < -0.39 is 11.9 Å². The molecule has 31 heavy (non-hydrogen) atoms. The average molecular weight is 439 g/mol. The van der Waals surface area contributed by atoms with Gasteiger partial charge in [0.05, 0.1) is 18.6 Å². The Hall–Kier alpha value is -3.43. The second kappa shape index (κ2) is 9.15. The zero-order chi connectivity index (χ0) is 22.7. The summed E-state index contributed by atoms with van der Waals surface area (Å²) in [6, 6.07) is 13.2. The molecule has 1 heterocycles. The number of rotatable bonds is 5. The number of carbonyl (C=O) groups is 1. The van der Waals surface area contributed by atoms with Crippen molar-refractivity contribution in [2.75, 3.05) is 7.11 Å². The van der Waals surface area contributed by atoms with E-state index in [1.54, 1.807) is 31.2 Å². The minimum Gasteiger partial charge on any atom is -0.489 e. The van der Waals surface area contributed by atoms with Crippen molar-refractivity contribution in [1.82, 2.24) is 0 Å². The number of benzene rings is 2. The van der Waals surface area contributed by atoms with Crippen LogP contribution in [0.25, 0.3) is 0 Å². The van der Waals surface area contributed by atoms with Crippen molar-refractivity contribution in [3.05, 3.63) is 86.5 Å². The van der Waals surface area contributed by atoms with Gasteiger partial charge in [-0.2, -0.15) is 5.26 Å². The van der Waals surface area contributed by atoms with Crippen LogP contribution in [0, 0.1) is 25.2 Å². The third-order valence-corrected chi connectivity index (χ3v) is 5.51. The lowest BCUT2D eigenvalue weighted by atomic mass is 9.80. The van der Waals surface area contributed by atoms with Gasteiger partial charge < -0.3 is 19.9 Å². The highest BCUT2D eigenvalue weighted by Gasteiger charge is 2.37. The molecule has 0 amide bonds. The smallest absolute Gasteiger partial charge is 0.338 e. The number of nitrogens with two attached hydrogens (primary N) is 1. The first kappa shape index (κ1) is 22.3. The number of ether oxygens (including phenoxy) is 3. The predicted octanol–water partition coefficient (Wildman–Crippen LogP) is 4.79. The predicted molar refractivity (Wildman–Crippen MR) is 117 cm³/mol. The molecule has 1 atom stereocenters. The first-order chi connectivity index (χ1) is 14.8. The summed E-state index contributed by atoms with van der Waals surface area (Å²) in [6.45, 7) is 5.85. The van der Waals surface area contributed by atoms with Crippen LogP contribution in [0.2, 0.25) is 5.02 Å². The zero-order valence-electron chi connectivity index (χ0n) is 17.8. The Morgan fingerprint density at radius 1 is 1.19 bits per heavy atom. The Bertz CT molecular complexity index is 1130. The lowest BCUT2D eigenvalue weighted by molar-refractivity contribution is -0.136. The number of hydrogen-bond donors (Lipinski definition) is 1. The Balaban J connectivity index is 2.06. The molecule has 1 aliphatic heterocycles. The summed E-state index contributed by atoms with van der Waals surface area (Å²) in [6.07, 6.45) is 0. The van der Waals surface area contributed by atoms with Gasteiger partial charge in [-0.05, 0) is 67.3 Å². The van der Waals surface area contributed by atoms with Crippen LogP contribution in [-0.4, -0.2) is 13.1 Å². The van der Waals surface area contributed by atoms with Gasteiger partial charge in [0.2, 0.25) is 5.88 Å². The molecule has 0 bridgehead atoms. The molecule has 2 aromatic rings. The maximum absolute atomic E-state index is 12.6. The number of aryl methyl sites for hydroxylation is 2. The lowest BCUT2D eigenvalue weighted by Gasteiger charge is -2.28. The monoisotopic (exact) mass is 438 g/mol. The highest BCUT2D eigenvalue weighted by atomic mass is 35.5. The van der Waals surface area contributed by atoms with E-state index in [0.29, 0.717) is 23.1 Å². The first-order valence-corrected chi connectivity index (χ1v) is 9.99. The fourth-order valence-corrected chi connectivity index (χ4v) is 3.77. The Morgan fingerprint density at radius 2 is 1.87 bits per heavy atom. The minimum atomic E-state index is -0.693. The largest absolute Gasteiger partial charge is 0.489 e. The SMILES string of the molecule is COC(=O)C1=C(C)OC(N)=C(C#N)C1c1cc(COc2ccc(Cl)cc2)c(C)cc1C. The number of halogens is 1. The van der Waals surface area contributed by atoms with Crippen molar-refractivity contribution in [2.24, 2.45) is 5.73 Å². The molecule has 0 spiro atoms. The summed E-state index contributed by atoms with van der Waals surface area (Å²) in [4.78, 5) is 12.6. The quantitative estimate of drug-likeness (QED) is 0.674. The van der Waals surface area contributed by atoms with E-state index in [9.17, 15) is 10.1 Å². The van der Waals surface area contributed by atoms with Gasteiger partial charge in [0.25, 0.3) is 0 Å². The van der Waals surface area contributed by atoms with Crippen LogP contribution in [0.1, 0.15) is 35.1 Å². The van der Waals surface area contributed by atoms with Crippen molar-refractivity contribution >= 4 is 17.6 Å². The van der Waals surface area contributed by atoms with Gasteiger partial charge in [0, 0.05) is 5.02 Å². The third kappa shape index (κ3) is 4.52. The number of carbonyl (C=O) groups excluding carboxylic acids is 1. The molecule has 0 aromatic heterocycles. The summed E-state index contributed by atoms with van der Waals surface area (Å²) in [5.74, 6) is -0.281.